The molecule has 0 atom stereocenters. The zero-order valence-corrected chi connectivity index (χ0v) is 18.2. The number of imidazole rings is 1. The van der Waals surface area contributed by atoms with Gasteiger partial charge in [-0.3, -0.25) is 9.59 Å². The number of carbonyl (C=O) groups is 2. The fraction of sp³-hybridized carbons (Fsp3) is 0.192. The van der Waals surface area contributed by atoms with Crippen LogP contribution in [0.15, 0.2) is 73.1 Å². The SMILES string of the molecule is Cc1cccn2cc(COc3cccc(C(=O)Nc4ccc(C(=O)NC5CC5)cc4)c3)nc12. The van der Waals surface area contributed by atoms with Gasteiger partial charge in [0.1, 0.15) is 18.0 Å². The van der Waals surface area contributed by atoms with Gasteiger partial charge in [0.15, 0.2) is 0 Å². The van der Waals surface area contributed by atoms with E-state index < -0.39 is 0 Å². The Hall–Kier alpha value is -4.13. The van der Waals surface area contributed by atoms with Crippen molar-refractivity contribution < 1.29 is 14.3 Å². The Morgan fingerprint density at radius 1 is 1.03 bits per heavy atom. The average Bonchev–Trinajstić information content (AvgIpc) is 3.53. The van der Waals surface area contributed by atoms with Gasteiger partial charge in [-0.05, 0) is 73.9 Å². The molecular weight excluding hydrogens is 416 g/mol. The second-order valence-corrected chi connectivity index (χ2v) is 8.25. The lowest BCUT2D eigenvalue weighted by atomic mass is 10.1. The van der Waals surface area contributed by atoms with E-state index in [2.05, 4.69) is 15.6 Å². The summed E-state index contributed by atoms with van der Waals surface area (Å²) in [5.74, 6) is 0.253. The van der Waals surface area contributed by atoms with E-state index in [1.807, 2.05) is 41.9 Å². The van der Waals surface area contributed by atoms with Crippen LogP contribution in [0, 0.1) is 6.92 Å². The van der Waals surface area contributed by atoms with Crippen LogP contribution >= 0.6 is 0 Å². The molecule has 0 radical (unpaired) electrons. The van der Waals surface area contributed by atoms with Crippen LogP contribution in [-0.4, -0.2) is 27.2 Å². The molecule has 0 saturated heterocycles. The lowest BCUT2D eigenvalue weighted by Gasteiger charge is -2.09. The number of aryl methyl sites for hydroxylation is 1. The summed E-state index contributed by atoms with van der Waals surface area (Å²) in [6, 6.07) is 18.2. The zero-order valence-electron chi connectivity index (χ0n) is 18.2. The van der Waals surface area contributed by atoms with Crippen LogP contribution in [-0.2, 0) is 6.61 Å². The summed E-state index contributed by atoms with van der Waals surface area (Å²) in [5, 5.41) is 5.81. The summed E-state index contributed by atoms with van der Waals surface area (Å²) in [6.07, 6.45) is 5.98. The Morgan fingerprint density at radius 2 is 1.85 bits per heavy atom. The van der Waals surface area contributed by atoms with Gasteiger partial charge >= 0.3 is 0 Å². The number of hydrogen-bond acceptors (Lipinski definition) is 4. The number of anilines is 1. The molecule has 0 unspecified atom stereocenters. The van der Waals surface area contributed by atoms with Crippen molar-refractivity contribution >= 4 is 23.1 Å². The Morgan fingerprint density at radius 3 is 2.61 bits per heavy atom. The number of nitrogens with zero attached hydrogens (tertiary/aromatic N) is 2. The number of carbonyl (C=O) groups excluding carboxylic acids is 2. The molecule has 2 N–H and O–H groups in total. The average molecular weight is 441 g/mol. The number of benzene rings is 2. The van der Waals surface area contributed by atoms with E-state index in [0.29, 0.717) is 35.2 Å². The number of amides is 2. The number of ether oxygens (including phenoxy) is 1. The lowest BCUT2D eigenvalue weighted by Crippen LogP contribution is -2.25. The van der Waals surface area contributed by atoms with Crippen LogP contribution in [0.25, 0.3) is 5.65 Å². The number of fused-ring (bicyclic) bond motifs is 1. The number of nitrogens with one attached hydrogen (secondary N) is 2. The highest BCUT2D eigenvalue weighted by atomic mass is 16.5. The molecule has 1 saturated carbocycles. The van der Waals surface area contributed by atoms with Crippen LogP contribution in [0.2, 0.25) is 0 Å². The van der Waals surface area contributed by atoms with Gasteiger partial charge < -0.3 is 19.8 Å². The molecule has 0 bridgehead atoms. The van der Waals surface area contributed by atoms with Gasteiger partial charge in [0.25, 0.3) is 11.8 Å². The van der Waals surface area contributed by atoms with Crippen LogP contribution < -0.4 is 15.4 Å². The number of hydrogen-bond donors (Lipinski definition) is 2. The third-order valence-electron chi connectivity index (χ3n) is 5.53. The first kappa shape index (κ1) is 20.8. The molecule has 2 aromatic carbocycles. The van der Waals surface area contributed by atoms with Crippen molar-refractivity contribution in [3.05, 3.63) is 95.4 Å². The molecule has 1 aliphatic rings. The zero-order chi connectivity index (χ0) is 22.8. The molecule has 2 heterocycles. The molecule has 7 heteroatoms. The van der Waals surface area contributed by atoms with Crippen molar-refractivity contribution in [2.45, 2.75) is 32.4 Å². The maximum Gasteiger partial charge on any atom is 0.255 e. The summed E-state index contributed by atoms with van der Waals surface area (Å²) >= 11 is 0. The normalized spacial score (nSPS) is 13.0. The molecule has 4 aromatic rings. The summed E-state index contributed by atoms with van der Waals surface area (Å²) in [7, 11) is 0. The van der Waals surface area contributed by atoms with Crippen LogP contribution in [0.5, 0.6) is 5.75 Å². The predicted octanol–water partition coefficient (Wildman–Crippen LogP) is 4.37. The number of pyridine rings is 1. The monoisotopic (exact) mass is 440 g/mol. The minimum absolute atomic E-state index is 0.0824. The van der Waals surface area contributed by atoms with Gasteiger partial charge in [-0.25, -0.2) is 4.98 Å². The molecule has 33 heavy (non-hydrogen) atoms. The minimum Gasteiger partial charge on any atom is -0.487 e. The van der Waals surface area contributed by atoms with Crippen molar-refractivity contribution in [1.29, 1.82) is 0 Å². The summed E-state index contributed by atoms with van der Waals surface area (Å²) in [6.45, 7) is 2.32. The molecule has 1 fully saturated rings. The maximum absolute atomic E-state index is 12.7. The topological polar surface area (TPSA) is 84.7 Å². The minimum atomic E-state index is -0.251. The lowest BCUT2D eigenvalue weighted by molar-refractivity contribution is 0.0950. The fourth-order valence-corrected chi connectivity index (χ4v) is 3.56. The first-order chi connectivity index (χ1) is 16.0. The van der Waals surface area contributed by atoms with Gasteiger partial charge in [0.05, 0.1) is 5.69 Å². The van der Waals surface area contributed by atoms with E-state index in [9.17, 15) is 9.59 Å². The molecule has 5 rings (SSSR count). The fourth-order valence-electron chi connectivity index (χ4n) is 3.56. The highest BCUT2D eigenvalue weighted by Gasteiger charge is 2.23. The van der Waals surface area contributed by atoms with Crippen LogP contribution in [0.3, 0.4) is 0 Å². The number of aromatic nitrogens is 2. The first-order valence-electron chi connectivity index (χ1n) is 10.9. The van der Waals surface area contributed by atoms with E-state index in [1.54, 1.807) is 42.5 Å². The second-order valence-electron chi connectivity index (χ2n) is 8.25. The quantitative estimate of drug-likeness (QED) is 0.447. The third kappa shape index (κ3) is 4.87. The number of rotatable bonds is 7. The highest BCUT2D eigenvalue weighted by molar-refractivity contribution is 6.04. The first-order valence-corrected chi connectivity index (χ1v) is 10.9. The predicted molar refractivity (Wildman–Crippen MR) is 126 cm³/mol. The third-order valence-corrected chi connectivity index (χ3v) is 5.53. The largest absolute Gasteiger partial charge is 0.487 e. The molecule has 2 aromatic heterocycles. The second kappa shape index (κ2) is 8.78. The maximum atomic E-state index is 12.7. The highest BCUT2D eigenvalue weighted by Crippen LogP contribution is 2.20. The van der Waals surface area contributed by atoms with E-state index in [4.69, 9.17) is 4.74 Å². The van der Waals surface area contributed by atoms with Gasteiger partial charge in [-0.1, -0.05) is 12.1 Å². The van der Waals surface area contributed by atoms with Gasteiger partial charge in [0.2, 0.25) is 0 Å². The van der Waals surface area contributed by atoms with Crippen LogP contribution in [0.1, 0.15) is 44.8 Å². The Labute approximate surface area is 191 Å². The van der Waals surface area contributed by atoms with Crippen molar-refractivity contribution in [2.24, 2.45) is 0 Å². The molecule has 1 aliphatic carbocycles. The van der Waals surface area contributed by atoms with Gasteiger partial charge in [-0.2, -0.15) is 0 Å². The Kier molecular flexibility index (Phi) is 5.52. The van der Waals surface area contributed by atoms with Crippen molar-refractivity contribution in [3.8, 4) is 5.75 Å². The molecule has 0 aliphatic heterocycles. The Balaban J connectivity index is 1.21. The van der Waals surface area contributed by atoms with Crippen LogP contribution in [0.4, 0.5) is 5.69 Å². The van der Waals surface area contributed by atoms with Gasteiger partial charge in [-0.15, -0.1) is 0 Å². The van der Waals surface area contributed by atoms with Crippen molar-refractivity contribution in [1.82, 2.24) is 14.7 Å². The Bertz CT molecular complexity index is 1320. The van der Waals surface area contributed by atoms with E-state index in [0.717, 1.165) is 29.7 Å². The molecule has 166 valence electrons. The van der Waals surface area contributed by atoms with Gasteiger partial charge in [0, 0.05) is 35.2 Å². The standard InChI is InChI=1S/C26H24N4O3/c1-17-4-3-13-30-15-22(27-24(17)30)16-33-23-6-2-5-19(14-23)26(32)29-20-9-7-18(8-10-20)25(31)28-21-11-12-21/h2-10,13-15,21H,11-12,16H2,1H3,(H,28,31)(H,29,32). The van der Waals surface area contributed by atoms with E-state index in [-0.39, 0.29) is 11.8 Å². The molecule has 0 spiro atoms. The summed E-state index contributed by atoms with van der Waals surface area (Å²) in [4.78, 5) is 29.4. The van der Waals surface area contributed by atoms with Crippen molar-refractivity contribution in [3.63, 3.8) is 0 Å². The molecule has 2 amide bonds. The van der Waals surface area contributed by atoms with E-state index in [1.165, 1.54) is 0 Å². The summed E-state index contributed by atoms with van der Waals surface area (Å²) < 4.78 is 7.85. The molecular formula is C26H24N4O3. The van der Waals surface area contributed by atoms with E-state index >= 15 is 0 Å². The molecule has 7 nitrogen and oxygen atoms in total. The smallest absolute Gasteiger partial charge is 0.255 e. The summed E-state index contributed by atoms with van der Waals surface area (Å²) in [5.41, 5.74) is 4.49. The van der Waals surface area contributed by atoms with Crippen molar-refractivity contribution in [2.75, 3.05) is 5.32 Å².